The van der Waals surface area contributed by atoms with E-state index in [-0.39, 0.29) is 49.2 Å². The number of Topliss-reactive ketones (excluding diaryl/α,β-unsaturated/α-hetero) is 1. The van der Waals surface area contributed by atoms with Crippen molar-refractivity contribution in [2.24, 2.45) is 28.6 Å². The van der Waals surface area contributed by atoms with Crippen molar-refractivity contribution >= 4 is 17.7 Å². The monoisotopic (exact) mass is 546 g/mol. The Hall–Kier alpha value is -1.95. The number of carbonyl (C=O) groups is 3. The van der Waals surface area contributed by atoms with Crippen molar-refractivity contribution in [3.8, 4) is 0 Å². The smallest absolute Gasteiger partial charge is 0.849 e. The van der Waals surface area contributed by atoms with Gasteiger partial charge in [-0.25, -0.2) is 4.79 Å². The van der Waals surface area contributed by atoms with Gasteiger partial charge >= 0.3 is 30.8 Å². The van der Waals surface area contributed by atoms with Crippen LogP contribution in [0.15, 0.2) is 41.5 Å². The Labute approximate surface area is 248 Å². The molecule has 0 spiro atoms. The van der Waals surface area contributed by atoms with Gasteiger partial charge in [-0.2, -0.15) is 0 Å². The third kappa shape index (κ3) is 4.01. The van der Waals surface area contributed by atoms with Crippen molar-refractivity contribution in [2.75, 3.05) is 6.61 Å². The van der Waals surface area contributed by atoms with Gasteiger partial charge < -0.3 is 24.4 Å². The Morgan fingerprint density at radius 1 is 1.12 bits per heavy atom. The molecule has 0 aromatic heterocycles. The molecule has 1 aliphatic heterocycles. The largest absolute Gasteiger partial charge is 1.00 e. The molecule has 1 aromatic rings. The second-order valence-electron chi connectivity index (χ2n) is 12.9. The minimum atomic E-state index is -1.86. The number of benzene rings is 1. The summed E-state index contributed by atoms with van der Waals surface area (Å²) in [5.74, 6) is -3.22. The minimum absolute atomic E-state index is 0. The van der Waals surface area contributed by atoms with E-state index in [9.17, 15) is 24.6 Å². The molecule has 40 heavy (non-hydrogen) atoms. The number of hydrogen-bond acceptors (Lipinski definition) is 8. The zero-order valence-electron chi connectivity index (χ0n) is 24.8. The number of fused-ring (bicyclic) bond motifs is 5. The minimum Gasteiger partial charge on any atom is -0.849 e. The van der Waals surface area contributed by atoms with Gasteiger partial charge in [-0.3, -0.25) is 9.59 Å². The normalized spacial score (nSPS) is 41.7. The van der Waals surface area contributed by atoms with Crippen LogP contribution in [0.25, 0.3) is 0 Å². The van der Waals surface area contributed by atoms with Crippen molar-refractivity contribution < 1.29 is 57.7 Å². The van der Waals surface area contributed by atoms with Crippen LogP contribution in [-0.4, -0.2) is 58.9 Å². The molecule has 3 aliphatic carbocycles. The summed E-state index contributed by atoms with van der Waals surface area (Å²) in [4.78, 5) is 40.9. The first-order chi connectivity index (χ1) is 18.1. The molecule has 2 saturated carbocycles. The van der Waals surface area contributed by atoms with Crippen molar-refractivity contribution in [1.29, 1.82) is 0 Å². The Kier molecular flexibility index (Phi) is 7.82. The van der Waals surface area contributed by atoms with Crippen LogP contribution in [0.2, 0.25) is 0 Å². The predicted octanol–water partition coefficient (Wildman–Crippen LogP) is 0.00420. The maximum atomic E-state index is 14.7. The van der Waals surface area contributed by atoms with Crippen LogP contribution < -0.4 is 24.0 Å². The second-order valence-corrected chi connectivity index (χ2v) is 12.9. The molecular formula is C31H39LiO8. The van der Waals surface area contributed by atoms with Crippen LogP contribution in [0.4, 0.5) is 0 Å². The predicted molar refractivity (Wildman–Crippen MR) is 139 cm³/mol. The Morgan fingerprint density at radius 2 is 1.75 bits per heavy atom. The summed E-state index contributed by atoms with van der Waals surface area (Å²) in [6, 6.07) is 8.42. The van der Waals surface area contributed by atoms with Crippen LogP contribution in [0.5, 0.6) is 0 Å². The first-order valence-corrected chi connectivity index (χ1v) is 13.8. The first-order valence-electron chi connectivity index (χ1n) is 13.8. The molecule has 8 nitrogen and oxygen atoms in total. The summed E-state index contributed by atoms with van der Waals surface area (Å²) >= 11 is 0. The molecule has 1 aromatic carbocycles. The van der Waals surface area contributed by atoms with Crippen LogP contribution in [0.3, 0.4) is 0 Å². The van der Waals surface area contributed by atoms with E-state index in [1.54, 1.807) is 44.2 Å². The van der Waals surface area contributed by atoms with Gasteiger partial charge in [0.25, 0.3) is 0 Å². The molecule has 2 bridgehead atoms. The number of hydrogen-bond donors (Lipinski definition) is 1. The summed E-state index contributed by atoms with van der Waals surface area (Å²) in [5.41, 5.74) is -4.01. The Bertz CT molecular complexity index is 1240. The SMILES string of the molecule is CC(=O)O[C@@]12CO[C@@H]1C[C@H](C)[C@@]1(C)C(=O)[C@H](C)C3=C(C)[C@@H]([O-])C[C@@](O)([C@@H](OC(=O)c4ccccc4)C12)C3(C)C.[Li+]. The summed E-state index contributed by atoms with van der Waals surface area (Å²) in [6.07, 6.45) is -2.93. The quantitative estimate of drug-likeness (QED) is 0.320. The number of carbonyl (C=O) groups excluding carboxylic acids is 3. The molecule has 1 unspecified atom stereocenters. The van der Waals surface area contributed by atoms with Crippen LogP contribution in [0.1, 0.15) is 71.7 Å². The fourth-order valence-electron chi connectivity index (χ4n) is 8.44. The standard InChI is InChI=1S/C31H39O8.Li/c1-16-13-22-30(15-37-22,39-19(4)32)24-26(38-27(35)20-11-9-8-10-12-20)31(36)14-21(33)17(2)23(28(31,5)6)18(3)25(34)29(16,24)7;/h8-12,16,18,21-22,24,26,36H,13-15H2,1-7H3;/q-1;+1/t16-,18+,21-,22+,24?,26-,29+,30-,31+;/m0./s1. The third-order valence-electron chi connectivity index (χ3n) is 10.7. The van der Waals surface area contributed by atoms with Gasteiger partial charge in [0.05, 0.1) is 18.1 Å². The van der Waals surface area contributed by atoms with E-state index >= 15 is 0 Å². The maximum Gasteiger partial charge on any atom is 1.00 e. The van der Waals surface area contributed by atoms with Crippen molar-refractivity contribution in [2.45, 2.75) is 90.8 Å². The van der Waals surface area contributed by atoms with Crippen LogP contribution in [0, 0.1) is 28.6 Å². The number of ketones is 1. The fourth-order valence-corrected chi connectivity index (χ4v) is 8.44. The molecular weight excluding hydrogens is 507 g/mol. The molecule has 3 fully saturated rings. The van der Waals surface area contributed by atoms with Gasteiger partial charge in [0, 0.05) is 23.7 Å². The molecule has 5 rings (SSSR count). The van der Waals surface area contributed by atoms with Gasteiger partial charge in [-0.1, -0.05) is 64.0 Å². The summed E-state index contributed by atoms with van der Waals surface area (Å²) < 4.78 is 18.3. The molecule has 0 radical (unpaired) electrons. The summed E-state index contributed by atoms with van der Waals surface area (Å²) in [5, 5.41) is 26.3. The molecule has 9 heteroatoms. The van der Waals surface area contributed by atoms with Crippen molar-refractivity contribution in [3.63, 3.8) is 0 Å². The van der Waals surface area contributed by atoms with Gasteiger partial charge in [0.2, 0.25) is 0 Å². The first kappa shape index (κ1) is 31.0. The molecule has 212 valence electrons. The van der Waals surface area contributed by atoms with Gasteiger partial charge in [-0.05, 0) is 37.8 Å². The van der Waals surface area contributed by atoms with Crippen LogP contribution in [-0.2, 0) is 23.8 Å². The average Bonchev–Trinajstić information content (AvgIpc) is 2.87. The molecule has 1 saturated heterocycles. The third-order valence-corrected chi connectivity index (χ3v) is 10.7. The molecule has 1 heterocycles. The van der Waals surface area contributed by atoms with Gasteiger partial charge in [0.1, 0.15) is 23.6 Å². The second kappa shape index (κ2) is 10.1. The van der Waals surface area contributed by atoms with E-state index < -0.39 is 64.1 Å². The molecule has 0 amide bonds. The number of rotatable bonds is 3. The molecule has 1 N–H and O–H groups in total. The van der Waals surface area contributed by atoms with E-state index in [4.69, 9.17) is 14.2 Å². The van der Waals surface area contributed by atoms with Gasteiger partial charge in [-0.15, -0.1) is 6.10 Å². The van der Waals surface area contributed by atoms with E-state index in [0.29, 0.717) is 17.6 Å². The number of ether oxygens (including phenoxy) is 3. The Balaban J connectivity index is 0.00000370. The average molecular weight is 547 g/mol. The van der Waals surface area contributed by atoms with Crippen LogP contribution >= 0.6 is 0 Å². The van der Waals surface area contributed by atoms with E-state index in [1.807, 2.05) is 27.7 Å². The number of aliphatic hydroxyl groups is 1. The molecule has 4 aliphatic rings. The van der Waals surface area contributed by atoms with E-state index in [0.717, 1.165) is 0 Å². The molecule has 9 atom stereocenters. The van der Waals surface area contributed by atoms with Crippen molar-refractivity contribution in [3.05, 3.63) is 47.0 Å². The zero-order valence-corrected chi connectivity index (χ0v) is 24.8. The summed E-state index contributed by atoms with van der Waals surface area (Å²) in [6.45, 7) is 12.3. The number of esters is 2. The van der Waals surface area contributed by atoms with Gasteiger partial charge in [0.15, 0.2) is 5.60 Å². The topological polar surface area (TPSA) is 122 Å². The summed E-state index contributed by atoms with van der Waals surface area (Å²) in [7, 11) is 0. The fraction of sp³-hybridized carbons (Fsp3) is 0.645. The zero-order chi connectivity index (χ0) is 28.7. The Morgan fingerprint density at radius 3 is 2.30 bits per heavy atom. The van der Waals surface area contributed by atoms with E-state index in [2.05, 4.69) is 0 Å². The van der Waals surface area contributed by atoms with Crippen molar-refractivity contribution in [1.82, 2.24) is 0 Å². The maximum absolute atomic E-state index is 14.7. The van der Waals surface area contributed by atoms with E-state index in [1.165, 1.54) is 6.92 Å².